The number of carbonyl (C=O) groups is 13. The first-order valence-corrected chi connectivity index (χ1v) is 40.1. The summed E-state index contributed by atoms with van der Waals surface area (Å²) in [7, 11) is 0. The molecule has 0 unspecified atom stereocenters. The van der Waals surface area contributed by atoms with Crippen LogP contribution in [0.5, 0.6) is 5.75 Å². The number of halogens is 5. The highest BCUT2D eigenvalue weighted by atomic mass is 19.2. The number of unbranched alkanes of at least 4 members (excludes halogenated alkanes) is 2. The molecule has 39 nitrogen and oxygen atoms in total. The van der Waals surface area contributed by atoms with Crippen LogP contribution >= 0.6 is 0 Å². The molecule has 2 aromatic carbocycles. The first-order valence-electron chi connectivity index (χ1n) is 40.1. The van der Waals surface area contributed by atoms with Crippen LogP contribution in [0.15, 0.2) is 39.2 Å². The fourth-order valence-electron chi connectivity index (χ4n) is 12.8. The lowest BCUT2D eigenvalue weighted by molar-refractivity contribution is -0.143. The summed E-state index contributed by atoms with van der Waals surface area (Å²) >= 11 is 0. The first-order chi connectivity index (χ1) is 56.5. The second-order valence-electron chi connectivity index (χ2n) is 30.4. The fourth-order valence-corrected chi connectivity index (χ4v) is 12.8. The van der Waals surface area contributed by atoms with Gasteiger partial charge in [-0.2, -0.15) is 0 Å². The van der Waals surface area contributed by atoms with Crippen molar-refractivity contribution < 1.29 is 89.4 Å². The molecular weight excluding hydrogens is 1580 g/mol. The Morgan fingerprint density at radius 2 is 0.875 bits per heavy atom. The first kappa shape index (κ1) is 103. The van der Waals surface area contributed by atoms with Crippen LogP contribution < -0.4 is 116 Å². The highest BCUT2D eigenvalue weighted by molar-refractivity contribution is 6.00. The minimum Gasteiger partial charge on any atom is -0.508 e. The minimum absolute atomic E-state index is 0.00559. The van der Waals surface area contributed by atoms with E-state index in [0.29, 0.717) is 37.8 Å². The summed E-state index contributed by atoms with van der Waals surface area (Å²) < 4.78 is 74.8. The van der Waals surface area contributed by atoms with E-state index in [-0.39, 0.29) is 152 Å². The summed E-state index contributed by atoms with van der Waals surface area (Å²) in [5.74, 6) is -27.2. The predicted octanol–water partition coefficient (Wildman–Crippen LogP) is -3.78. The van der Waals surface area contributed by atoms with Crippen molar-refractivity contribution in [1.29, 1.82) is 0 Å². The van der Waals surface area contributed by atoms with E-state index < -0.39 is 209 Å². The van der Waals surface area contributed by atoms with Gasteiger partial charge in [0.25, 0.3) is 0 Å². The summed E-state index contributed by atoms with van der Waals surface area (Å²) in [6.07, 6.45) is 0.124. The summed E-state index contributed by atoms with van der Waals surface area (Å²) in [6, 6.07) is -12.0. The third-order valence-corrected chi connectivity index (χ3v) is 19.5. The zero-order valence-electron chi connectivity index (χ0n) is 69.1. The Kier molecular flexibility index (Phi) is 45.1. The number of phenols is 1. The van der Waals surface area contributed by atoms with Crippen molar-refractivity contribution in [3.8, 4) is 5.75 Å². The summed E-state index contributed by atoms with van der Waals surface area (Å²) in [5.41, 5.74) is 55.8. The van der Waals surface area contributed by atoms with Gasteiger partial charge in [0.2, 0.25) is 82.6 Å². The lowest BCUT2D eigenvalue weighted by Crippen LogP contribution is -2.61. The van der Waals surface area contributed by atoms with Gasteiger partial charge in [0.05, 0.1) is 12.6 Å². The minimum atomic E-state index is -2.56. The topological polar surface area (TPSA) is 675 Å². The van der Waals surface area contributed by atoms with Gasteiger partial charge in [-0.05, 0) is 165 Å². The fraction of sp³-hybridized carbons (Fsp3) is 0.632. The molecule has 1 fully saturated rings. The standard InChI is InChI=1S/C76H124F5N25O14/c1-8-40(6)61(72(119)102-50(21-15-31-94-76(90)91)73(120)106-32-16-22-54(106)71(118)101-47(18-10-12-28-83)66(113)103-51(33-38(2)3)68(115)98-46(62(85)109)17-9-11-27-82)105-67(114)49(20-14-30-93-75(88)89)99-65(112)48(19-13-29-92-74(86)87)100-69(116)52(34-39(4)5)104-70(117)53(36-44-56(77)58(79)60(81)59(80)57(44)78)97-55(108)37-95-63(110)41(7)96-64(111)45(84)35-42-23-25-43(107)26-24-42/h23-26,38-41,45-54,61,107H,8-22,27-37,82-84H2,1-7H3,(H2,85,109)(H,95,110)(H,96,111)(H,97,108)(H,98,115)(H,99,112)(H,100,116)(H,101,118)(H,102,119)(H,103,113)(H,104,117)(H,105,114)(H4,86,87,92)(H4,88,89,93)(H4,90,91,94)/t40-,41+,45-,46-,47-,48-,49-,50-,51-,52-,53-,54-,61-/m0/s1. The average molecular weight is 1710 g/mol. The molecule has 3 rings (SSSR count). The number of guanidine groups is 3. The van der Waals surface area contributed by atoms with E-state index in [9.17, 15) is 75.8 Å². The second kappa shape index (κ2) is 52.6. The molecule has 0 aromatic heterocycles. The van der Waals surface area contributed by atoms with Crippen LogP contribution in [0.2, 0.25) is 0 Å². The Hall–Kier alpha value is -11.3. The molecule has 1 aliphatic heterocycles. The van der Waals surface area contributed by atoms with Crippen molar-refractivity contribution in [2.75, 3.05) is 45.8 Å². The second-order valence-corrected chi connectivity index (χ2v) is 30.4. The Labute approximate surface area is 693 Å². The molecule has 2 aromatic rings. The maximum Gasteiger partial charge on any atom is 0.245 e. The molecule has 13 amide bonds. The van der Waals surface area contributed by atoms with Crippen LogP contribution in [0.3, 0.4) is 0 Å². The van der Waals surface area contributed by atoms with Crippen LogP contribution in [0.4, 0.5) is 22.0 Å². The molecule has 0 saturated carbocycles. The number of rotatable bonds is 54. The molecule has 1 aliphatic rings. The lowest BCUT2D eigenvalue weighted by Gasteiger charge is -2.32. The molecule has 120 heavy (non-hydrogen) atoms. The predicted molar refractivity (Wildman–Crippen MR) is 436 cm³/mol. The van der Waals surface area contributed by atoms with E-state index in [2.05, 4.69) is 73.5 Å². The number of likely N-dealkylation sites (tertiary alicyclic amines) is 1. The van der Waals surface area contributed by atoms with Crippen molar-refractivity contribution in [3.05, 3.63) is 64.5 Å². The molecule has 0 radical (unpaired) electrons. The van der Waals surface area contributed by atoms with E-state index in [4.69, 9.17) is 57.3 Å². The summed E-state index contributed by atoms with van der Waals surface area (Å²) in [6.45, 7) is 10.5. The number of hydrogen-bond donors (Lipinski definition) is 22. The van der Waals surface area contributed by atoms with Crippen molar-refractivity contribution in [1.82, 2.24) is 63.4 Å². The third kappa shape index (κ3) is 35.7. The number of hydrogen-bond acceptors (Lipinski definition) is 20. The van der Waals surface area contributed by atoms with Crippen molar-refractivity contribution in [3.63, 3.8) is 0 Å². The average Bonchev–Trinajstić information content (AvgIpc) is 0.975. The normalized spacial score (nSPS) is 15.5. The molecule has 0 aliphatic carbocycles. The van der Waals surface area contributed by atoms with Gasteiger partial charge in [-0.1, -0.05) is 60.1 Å². The van der Waals surface area contributed by atoms with Crippen LogP contribution in [-0.4, -0.2) is 223 Å². The highest BCUT2D eigenvalue weighted by Gasteiger charge is 2.42. The number of aliphatic imine (C=N–C) groups is 3. The van der Waals surface area contributed by atoms with Gasteiger partial charge in [0.15, 0.2) is 41.1 Å². The van der Waals surface area contributed by atoms with E-state index in [1.54, 1.807) is 27.7 Å². The summed E-state index contributed by atoms with van der Waals surface area (Å²) in [4.78, 5) is 197. The zero-order valence-corrected chi connectivity index (χ0v) is 69.1. The molecule has 1 heterocycles. The van der Waals surface area contributed by atoms with E-state index in [1.807, 2.05) is 13.8 Å². The Morgan fingerprint density at radius 3 is 1.33 bits per heavy atom. The third-order valence-electron chi connectivity index (χ3n) is 19.5. The van der Waals surface area contributed by atoms with Crippen LogP contribution in [-0.2, 0) is 75.2 Å². The Morgan fingerprint density at radius 1 is 0.467 bits per heavy atom. The number of nitrogens with zero attached hydrogens (tertiary/aromatic N) is 4. The van der Waals surface area contributed by atoms with E-state index in [1.165, 1.54) is 36.1 Å². The number of amides is 13. The SMILES string of the molecule is CC[C@H](C)[C@H](NC(=O)[C@H](CCCN=C(N)N)NC(=O)[C@H](CCCN=C(N)N)NC(=O)[C@H](CC(C)C)NC(=O)[C@H](Cc1c(F)c(F)c(F)c(F)c1F)NC(=O)CNC(=O)[C@@H](C)NC(=O)[C@@H](N)Cc1ccc(O)cc1)C(=O)N[C@@H](CCCN=C(N)N)C(=O)N1CCC[C@H]1C(=O)N[C@@H](CCCCN)C(=O)N[C@@H](CC(C)C)C(=O)N[C@@H](CCCCN)C(N)=O. The monoisotopic (exact) mass is 1710 g/mol. The number of primary amides is 1. The molecule has 32 N–H and O–H groups in total. The number of benzene rings is 2. The smallest absolute Gasteiger partial charge is 0.245 e. The zero-order chi connectivity index (χ0) is 90.2. The number of phenolic OH excluding ortho intramolecular Hbond substituents is 1. The van der Waals surface area contributed by atoms with Gasteiger partial charge in [0.1, 0.15) is 72.2 Å². The maximum atomic E-state index is 15.4. The van der Waals surface area contributed by atoms with Gasteiger partial charge in [-0.3, -0.25) is 77.3 Å². The maximum absolute atomic E-state index is 15.4. The largest absolute Gasteiger partial charge is 0.508 e. The molecule has 0 bridgehead atoms. The highest BCUT2D eigenvalue weighted by Crippen LogP contribution is 2.26. The van der Waals surface area contributed by atoms with Crippen molar-refractivity contribution in [2.24, 2.45) is 90.1 Å². The Bertz CT molecular complexity index is 3840. The van der Waals surface area contributed by atoms with Crippen LogP contribution in [0, 0.1) is 46.8 Å². The molecular formula is C76H124F5N25O14. The molecule has 672 valence electrons. The van der Waals surface area contributed by atoms with Crippen LogP contribution in [0.1, 0.15) is 169 Å². The van der Waals surface area contributed by atoms with E-state index >= 15 is 13.6 Å². The summed E-state index contributed by atoms with van der Waals surface area (Å²) in [5, 5.41) is 37.3. The van der Waals surface area contributed by atoms with Gasteiger partial charge < -0.3 is 126 Å². The van der Waals surface area contributed by atoms with Gasteiger partial charge >= 0.3 is 0 Å². The van der Waals surface area contributed by atoms with Gasteiger partial charge in [-0.25, -0.2) is 22.0 Å². The Balaban J connectivity index is 2.05. The van der Waals surface area contributed by atoms with Gasteiger partial charge in [0, 0.05) is 38.2 Å². The quantitative estimate of drug-likeness (QED) is 0.00755. The lowest BCUT2D eigenvalue weighted by atomic mass is 9.96. The van der Waals surface area contributed by atoms with Gasteiger partial charge in [-0.15, -0.1) is 0 Å². The molecule has 44 heteroatoms. The molecule has 1 saturated heterocycles. The number of nitrogens with two attached hydrogens (primary N) is 10. The van der Waals surface area contributed by atoms with Crippen molar-refractivity contribution >= 4 is 94.7 Å². The number of carbonyl (C=O) groups excluding carboxylic acids is 13. The van der Waals surface area contributed by atoms with E-state index in [0.717, 1.165) is 0 Å². The molecule has 0 spiro atoms. The molecule has 13 atom stereocenters. The van der Waals surface area contributed by atoms with Crippen LogP contribution in [0.25, 0.3) is 0 Å². The van der Waals surface area contributed by atoms with Crippen molar-refractivity contribution in [2.45, 2.75) is 243 Å². The number of nitrogens with one attached hydrogen (secondary N) is 11. The number of aromatic hydroxyl groups is 1.